The van der Waals surface area contributed by atoms with Crippen molar-refractivity contribution in [3.05, 3.63) is 95.4 Å². The van der Waals surface area contributed by atoms with Crippen LogP contribution in [0, 0.1) is 5.82 Å². The topological polar surface area (TPSA) is 30.9 Å². The van der Waals surface area contributed by atoms with E-state index in [9.17, 15) is 4.39 Å². The van der Waals surface area contributed by atoms with Gasteiger partial charge in [-0.2, -0.15) is 0 Å². The zero-order valence-electron chi connectivity index (χ0n) is 19.8. The summed E-state index contributed by atoms with van der Waals surface area (Å²) in [5.74, 6) is -0.220. The van der Waals surface area contributed by atoms with E-state index in [0.717, 1.165) is 53.1 Å². The van der Waals surface area contributed by atoms with Crippen molar-refractivity contribution < 1.29 is 4.39 Å². The lowest BCUT2D eigenvalue weighted by Crippen LogP contribution is -2.31. The first-order valence-corrected chi connectivity index (χ1v) is 11.9. The fourth-order valence-electron chi connectivity index (χ4n) is 4.73. The number of nitrogens with zero attached hydrogens (tertiary/aromatic N) is 3. The molecule has 0 amide bonds. The van der Waals surface area contributed by atoms with Crippen molar-refractivity contribution in [1.29, 1.82) is 0 Å². The molecular weight excluding hydrogens is 423 g/mol. The third kappa shape index (κ3) is 5.11. The number of halogens is 1. The van der Waals surface area contributed by atoms with Crippen molar-refractivity contribution in [3.63, 3.8) is 0 Å². The number of likely N-dealkylation sites (tertiary alicyclic amines) is 1. The molecule has 5 heteroatoms. The quantitative estimate of drug-likeness (QED) is 0.533. The number of aliphatic imine (C=N–C) groups is 1. The number of likely N-dealkylation sites (N-methyl/N-ethyl adjacent to an activating group) is 1. The standard InChI is InChI=1S/C29H31FN4/c1-33(2)28-13-14-34(20-28)19-21-3-11-27(12-4-21)32-18-25-17-31-16-24-6-5-23(15-29(24)25)22-7-9-26(30)10-8-22/h3-12,15-16,18,28,32H,13-14,17,19-20H2,1-2H3/b25-18+. The Morgan fingerprint density at radius 3 is 2.53 bits per heavy atom. The fourth-order valence-corrected chi connectivity index (χ4v) is 4.73. The minimum Gasteiger partial charge on any atom is -0.361 e. The van der Waals surface area contributed by atoms with Crippen LogP contribution in [-0.2, 0) is 6.54 Å². The van der Waals surface area contributed by atoms with Gasteiger partial charge in [-0.25, -0.2) is 4.39 Å². The molecule has 1 fully saturated rings. The predicted octanol–water partition coefficient (Wildman–Crippen LogP) is 5.51. The highest BCUT2D eigenvalue weighted by Gasteiger charge is 2.23. The van der Waals surface area contributed by atoms with Crippen LogP contribution in [0.2, 0.25) is 0 Å². The summed E-state index contributed by atoms with van der Waals surface area (Å²) in [7, 11) is 4.34. The molecule has 5 rings (SSSR count). The molecule has 0 radical (unpaired) electrons. The Kier molecular flexibility index (Phi) is 6.57. The first kappa shape index (κ1) is 22.5. The number of anilines is 1. The summed E-state index contributed by atoms with van der Waals surface area (Å²) in [4.78, 5) is 9.39. The Bertz CT molecular complexity index is 1200. The molecule has 0 aromatic heterocycles. The van der Waals surface area contributed by atoms with Crippen LogP contribution < -0.4 is 5.32 Å². The lowest BCUT2D eigenvalue weighted by atomic mass is 9.94. The molecule has 2 heterocycles. The van der Waals surface area contributed by atoms with Gasteiger partial charge >= 0.3 is 0 Å². The van der Waals surface area contributed by atoms with Crippen LogP contribution in [0.25, 0.3) is 16.7 Å². The second-order valence-corrected chi connectivity index (χ2v) is 9.43. The second-order valence-electron chi connectivity index (χ2n) is 9.43. The van der Waals surface area contributed by atoms with Crippen LogP contribution in [-0.4, -0.2) is 55.8 Å². The van der Waals surface area contributed by atoms with Gasteiger partial charge in [-0.15, -0.1) is 0 Å². The molecule has 0 saturated carbocycles. The number of hydrogen-bond donors (Lipinski definition) is 1. The normalized spacial score (nSPS) is 19.1. The van der Waals surface area contributed by atoms with Crippen LogP contribution >= 0.6 is 0 Å². The molecule has 3 aromatic carbocycles. The highest BCUT2D eigenvalue weighted by molar-refractivity contribution is 5.94. The fraction of sp³-hybridized carbons (Fsp3) is 0.276. The lowest BCUT2D eigenvalue weighted by molar-refractivity contribution is 0.264. The minimum absolute atomic E-state index is 0.220. The molecule has 3 aromatic rings. The third-order valence-corrected chi connectivity index (χ3v) is 6.82. The van der Waals surface area contributed by atoms with Crippen molar-refractivity contribution in [2.45, 2.75) is 19.0 Å². The smallest absolute Gasteiger partial charge is 0.123 e. The molecule has 1 N–H and O–H groups in total. The van der Waals surface area contributed by atoms with E-state index in [-0.39, 0.29) is 5.82 Å². The molecule has 0 aliphatic carbocycles. The molecule has 2 aliphatic heterocycles. The Balaban J connectivity index is 1.27. The van der Waals surface area contributed by atoms with Gasteiger partial charge in [-0.1, -0.05) is 36.4 Å². The largest absolute Gasteiger partial charge is 0.361 e. The molecule has 1 unspecified atom stereocenters. The van der Waals surface area contributed by atoms with Gasteiger partial charge in [-0.05, 0) is 84.2 Å². The number of rotatable bonds is 6. The average molecular weight is 455 g/mol. The molecule has 34 heavy (non-hydrogen) atoms. The summed E-state index contributed by atoms with van der Waals surface area (Å²) in [6.45, 7) is 3.93. The van der Waals surface area contributed by atoms with E-state index in [0.29, 0.717) is 12.6 Å². The van der Waals surface area contributed by atoms with E-state index in [2.05, 4.69) is 82.9 Å². The summed E-state index contributed by atoms with van der Waals surface area (Å²) in [6, 6.07) is 22.3. The Labute approximate surface area is 201 Å². The Hall–Kier alpha value is -3.28. The maximum atomic E-state index is 13.3. The molecule has 4 nitrogen and oxygen atoms in total. The highest BCUT2D eigenvalue weighted by Crippen LogP contribution is 2.29. The zero-order chi connectivity index (χ0) is 23.5. The zero-order valence-corrected chi connectivity index (χ0v) is 19.8. The highest BCUT2D eigenvalue weighted by atomic mass is 19.1. The van der Waals surface area contributed by atoms with Gasteiger partial charge in [0.2, 0.25) is 0 Å². The summed E-state index contributed by atoms with van der Waals surface area (Å²) in [5, 5.41) is 3.46. The monoisotopic (exact) mass is 454 g/mol. The maximum Gasteiger partial charge on any atom is 0.123 e. The van der Waals surface area contributed by atoms with Crippen molar-refractivity contribution in [1.82, 2.24) is 9.80 Å². The van der Waals surface area contributed by atoms with Crippen molar-refractivity contribution in [2.75, 3.05) is 39.0 Å². The van der Waals surface area contributed by atoms with E-state index in [1.165, 1.54) is 24.1 Å². The van der Waals surface area contributed by atoms with Gasteiger partial charge in [0.1, 0.15) is 5.82 Å². The van der Waals surface area contributed by atoms with Crippen LogP contribution in [0.15, 0.2) is 77.9 Å². The SMILES string of the molecule is CN(C)C1CCN(Cc2ccc(N/C=C3\CN=Cc4ccc(-c5ccc(F)cc5)cc43)cc2)C1. The Morgan fingerprint density at radius 2 is 1.79 bits per heavy atom. The van der Waals surface area contributed by atoms with Gasteiger partial charge < -0.3 is 10.2 Å². The van der Waals surface area contributed by atoms with E-state index in [1.54, 1.807) is 0 Å². The van der Waals surface area contributed by atoms with Gasteiger partial charge in [0.25, 0.3) is 0 Å². The predicted molar refractivity (Wildman–Crippen MR) is 140 cm³/mol. The minimum atomic E-state index is -0.220. The first-order chi connectivity index (χ1) is 16.5. The van der Waals surface area contributed by atoms with Gasteiger partial charge in [-0.3, -0.25) is 9.89 Å². The summed E-state index contributed by atoms with van der Waals surface area (Å²) < 4.78 is 13.3. The number of hydrogen-bond acceptors (Lipinski definition) is 4. The van der Waals surface area contributed by atoms with E-state index in [1.807, 2.05) is 18.3 Å². The molecular formula is C29H31FN4. The second kappa shape index (κ2) is 9.92. The van der Waals surface area contributed by atoms with Gasteiger partial charge in [0, 0.05) is 43.8 Å². The van der Waals surface area contributed by atoms with Crippen LogP contribution in [0.3, 0.4) is 0 Å². The summed E-state index contributed by atoms with van der Waals surface area (Å²) in [6.07, 6.45) is 5.23. The summed E-state index contributed by atoms with van der Waals surface area (Å²) in [5.41, 5.74) is 7.88. The van der Waals surface area contributed by atoms with Crippen LogP contribution in [0.5, 0.6) is 0 Å². The maximum absolute atomic E-state index is 13.3. The van der Waals surface area contributed by atoms with Crippen LogP contribution in [0.1, 0.15) is 23.1 Å². The Morgan fingerprint density at radius 1 is 1.03 bits per heavy atom. The molecule has 2 aliphatic rings. The molecule has 1 saturated heterocycles. The third-order valence-electron chi connectivity index (χ3n) is 6.82. The van der Waals surface area contributed by atoms with Crippen LogP contribution in [0.4, 0.5) is 10.1 Å². The number of fused-ring (bicyclic) bond motifs is 1. The van der Waals surface area contributed by atoms with E-state index in [4.69, 9.17) is 0 Å². The number of benzene rings is 3. The van der Waals surface area contributed by atoms with E-state index < -0.39 is 0 Å². The average Bonchev–Trinajstić information content (AvgIpc) is 3.33. The number of nitrogens with one attached hydrogen (secondary N) is 1. The van der Waals surface area contributed by atoms with Gasteiger partial charge in [0.05, 0.1) is 6.54 Å². The van der Waals surface area contributed by atoms with Crippen molar-refractivity contribution >= 4 is 17.5 Å². The summed E-state index contributed by atoms with van der Waals surface area (Å²) >= 11 is 0. The molecule has 0 bridgehead atoms. The molecule has 174 valence electrons. The molecule has 0 spiro atoms. The van der Waals surface area contributed by atoms with E-state index >= 15 is 0 Å². The first-order valence-electron chi connectivity index (χ1n) is 11.9. The lowest BCUT2D eigenvalue weighted by Gasteiger charge is -2.20. The van der Waals surface area contributed by atoms with Crippen molar-refractivity contribution in [2.24, 2.45) is 4.99 Å². The van der Waals surface area contributed by atoms with Gasteiger partial charge in [0.15, 0.2) is 0 Å². The molecule has 1 atom stereocenters. The van der Waals surface area contributed by atoms with Crippen molar-refractivity contribution in [3.8, 4) is 11.1 Å².